The number of benzene rings is 1. The van der Waals surface area contributed by atoms with Crippen molar-refractivity contribution in [3.05, 3.63) is 24.3 Å². The molecule has 0 unspecified atom stereocenters. The number of carbonyl (C=O) groups is 1. The largest absolute Gasteiger partial charge is 0.423 e. The second-order valence-electron chi connectivity index (χ2n) is 6.59. The Morgan fingerprint density at radius 2 is 1.88 bits per heavy atom. The summed E-state index contributed by atoms with van der Waals surface area (Å²) in [7, 11) is 0. The first kappa shape index (κ1) is 15.4. The van der Waals surface area contributed by atoms with E-state index in [1.165, 1.54) is 0 Å². The number of hydrogen-bond donors (Lipinski definition) is 0. The zero-order valence-electron chi connectivity index (χ0n) is 13.8. The SMILES string of the molecule is O=C(CC1CCN(c2nc3ccccc3o2)CC1)N1CCOCC1. The summed E-state index contributed by atoms with van der Waals surface area (Å²) in [5.41, 5.74) is 1.73. The molecule has 0 N–H and O–H groups in total. The summed E-state index contributed by atoms with van der Waals surface area (Å²) < 4.78 is 11.2. The van der Waals surface area contributed by atoms with Crippen molar-refractivity contribution in [2.75, 3.05) is 44.3 Å². The fraction of sp³-hybridized carbons (Fsp3) is 0.556. The third-order valence-corrected chi connectivity index (χ3v) is 4.99. The van der Waals surface area contributed by atoms with Crippen LogP contribution in [-0.4, -0.2) is 55.2 Å². The number of aromatic nitrogens is 1. The van der Waals surface area contributed by atoms with Crippen molar-refractivity contribution in [1.82, 2.24) is 9.88 Å². The van der Waals surface area contributed by atoms with Crippen LogP contribution in [0.4, 0.5) is 6.01 Å². The van der Waals surface area contributed by atoms with E-state index in [1.54, 1.807) is 0 Å². The minimum Gasteiger partial charge on any atom is -0.423 e. The molecule has 0 aliphatic carbocycles. The summed E-state index contributed by atoms with van der Waals surface area (Å²) in [5, 5.41) is 0. The van der Waals surface area contributed by atoms with E-state index in [0.717, 1.165) is 50.1 Å². The molecule has 6 nitrogen and oxygen atoms in total. The van der Waals surface area contributed by atoms with Crippen LogP contribution in [0.2, 0.25) is 0 Å². The van der Waals surface area contributed by atoms with Gasteiger partial charge in [0.1, 0.15) is 5.52 Å². The van der Waals surface area contributed by atoms with Gasteiger partial charge in [0, 0.05) is 32.6 Å². The minimum atomic E-state index is 0.276. The number of carbonyl (C=O) groups excluding carboxylic acids is 1. The normalized spacial score (nSPS) is 19.8. The molecule has 24 heavy (non-hydrogen) atoms. The summed E-state index contributed by atoms with van der Waals surface area (Å²) in [4.78, 5) is 21.1. The van der Waals surface area contributed by atoms with Gasteiger partial charge in [-0.15, -0.1) is 0 Å². The highest BCUT2D eigenvalue weighted by Crippen LogP contribution is 2.27. The Morgan fingerprint density at radius 3 is 2.62 bits per heavy atom. The Hall–Kier alpha value is -2.08. The Labute approximate surface area is 141 Å². The van der Waals surface area contributed by atoms with Gasteiger partial charge in [0.2, 0.25) is 5.91 Å². The molecule has 2 fully saturated rings. The lowest BCUT2D eigenvalue weighted by Crippen LogP contribution is -2.42. The van der Waals surface area contributed by atoms with Crippen molar-refractivity contribution in [3.8, 4) is 0 Å². The third-order valence-electron chi connectivity index (χ3n) is 4.99. The van der Waals surface area contributed by atoms with E-state index in [9.17, 15) is 4.79 Å². The van der Waals surface area contributed by atoms with Gasteiger partial charge in [-0.1, -0.05) is 12.1 Å². The summed E-state index contributed by atoms with van der Waals surface area (Å²) in [6, 6.07) is 8.54. The highest BCUT2D eigenvalue weighted by atomic mass is 16.5. The van der Waals surface area contributed by atoms with Crippen LogP contribution in [0.3, 0.4) is 0 Å². The standard InChI is InChI=1S/C18H23N3O3/c22-17(20-9-11-23-12-10-20)13-14-5-7-21(8-6-14)18-19-15-3-1-2-4-16(15)24-18/h1-4,14H,5-13H2. The number of morpholine rings is 1. The summed E-state index contributed by atoms with van der Waals surface area (Å²) in [6.07, 6.45) is 2.67. The van der Waals surface area contributed by atoms with Crippen molar-refractivity contribution in [1.29, 1.82) is 0 Å². The summed E-state index contributed by atoms with van der Waals surface area (Å²) in [5.74, 6) is 0.736. The topological polar surface area (TPSA) is 58.8 Å². The molecule has 0 radical (unpaired) electrons. The molecule has 4 rings (SSSR count). The van der Waals surface area contributed by atoms with Crippen LogP contribution in [0.15, 0.2) is 28.7 Å². The molecule has 1 aromatic heterocycles. The average molecular weight is 329 g/mol. The molecule has 128 valence electrons. The lowest BCUT2D eigenvalue weighted by atomic mass is 9.93. The molecule has 2 aromatic rings. The Morgan fingerprint density at radius 1 is 1.12 bits per heavy atom. The molecule has 0 spiro atoms. The second kappa shape index (κ2) is 6.81. The number of oxazole rings is 1. The zero-order chi connectivity index (χ0) is 16.4. The summed E-state index contributed by atoms with van der Waals surface area (Å²) >= 11 is 0. The number of anilines is 1. The van der Waals surface area contributed by atoms with Gasteiger partial charge in [-0.3, -0.25) is 4.79 Å². The maximum Gasteiger partial charge on any atom is 0.298 e. The molecule has 3 heterocycles. The van der Waals surface area contributed by atoms with Crippen molar-refractivity contribution in [2.24, 2.45) is 5.92 Å². The molecule has 1 aromatic carbocycles. The summed E-state index contributed by atoms with van der Waals surface area (Å²) in [6.45, 7) is 4.60. The molecule has 0 bridgehead atoms. The number of hydrogen-bond acceptors (Lipinski definition) is 5. The number of rotatable bonds is 3. The van der Waals surface area contributed by atoms with Gasteiger partial charge in [0.05, 0.1) is 13.2 Å². The monoisotopic (exact) mass is 329 g/mol. The van der Waals surface area contributed by atoms with Crippen LogP contribution in [0.25, 0.3) is 11.1 Å². The van der Waals surface area contributed by atoms with E-state index in [-0.39, 0.29) is 5.91 Å². The van der Waals surface area contributed by atoms with E-state index in [1.807, 2.05) is 29.2 Å². The smallest absolute Gasteiger partial charge is 0.298 e. The maximum atomic E-state index is 12.4. The number of piperidine rings is 1. The number of fused-ring (bicyclic) bond motifs is 1. The molecular weight excluding hydrogens is 306 g/mol. The van der Waals surface area contributed by atoms with Crippen LogP contribution in [0.1, 0.15) is 19.3 Å². The van der Waals surface area contributed by atoms with Gasteiger partial charge in [-0.05, 0) is 30.9 Å². The van der Waals surface area contributed by atoms with Crippen molar-refractivity contribution in [2.45, 2.75) is 19.3 Å². The first-order valence-electron chi connectivity index (χ1n) is 8.75. The fourth-order valence-electron chi connectivity index (χ4n) is 3.51. The van der Waals surface area contributed by atoms with E-state index in [0.29, 0.717) is 31.6 Å². The number of para-hydroxylation sites is 2. The number of ether oxygens (including phenoxy) is 1. The highest BCUT2D eigenvalue weighted by molar-refractivity contribution is 5.76. The molecule has 2 aliphatic rings. The third kappa shape index (κ3) is 3.24. The number of nitrogens with zero attached hydrogens (tertiary/aromatic N) is 3. The van der Waals surface area contributed by atoms with Crippen LogP contribution in [0, 0.1) is 5.92 Å². The quantitative estimate of drug-likeness (QED) is 0.865. The van der Waals surface area contributed by atoms with E-state index < -0.39 is 0 Å². The van der Waals surface area contributed by atoms with Crippen LogP contribution in [-0.2, 0) is 9.53 Å². The Bertz CT molecular complexity index is 667. The van der Waals surface area contributed by atoms with E-state index >= 15 is 0 Å². The zero-order valence-corrected chi connectivity index (χ0v) is 13.8. The van der Waals surface area contributed by atoms with E-state index in [4.69, 9.17) is 9.15 Å². The predicted molar refractivity (Wildman–Crippen MR) is 91.0 cm³/mol. The Balaban J connectivity index is 1.32. The minimum absolute atomic E-state index is 0.276. The molecule has 1 amide bonds. The van der Waals surface area contributed by atoms with Gasteiger partial charge in [0.25, 0.3) is 6.01 Å². The van der Waals surface area contributed by atoms with Gasteiger partial charge in [0.15, 0.2) is 5.58 Å². The maximum absolute atomic E-state index is 12.4. The van der Waals surface area contributed by atoms with Crippen LogP contribution in [0.5, 0.6) is 0 Å². The second-order valence-corrected chi connectivity index (χ2v) is 6.59. The van der Waals surface area contributed by atoms with Crippen molar-refractivity contribution < 1.29 is 13.9 Å². The average Bonchev–Trinajstić information content (AvgIpc) is 3.07. The molecule has 2 saturated heterocycles. The highest BCUT2D eigenvalue weighted by Gasteiger charge is 2.26. The molecule has 0 atom stereocenters. The first-order valence-corrected chi connectivity index (χ1v) is 8.75. The Kier molecular flexibility index (Phi) is 4.38. The molecule has 0 saturated carbocycles. The predicted octanol–water partition coefficient (Wildman–Crippen LogP) is 2.29. The lowest BCUT2D eigenvalue weighted by Gasteiger charge is -2.33. The van der Waals surface area contributed by atoms with Gasteiger partial charge in [-0.2, -0.15) is 4.98 Å². The van der Waals surface area contributed by atoms with Gasteiger partial charge >= 0.3 is 0 Å². The molecule has 6 heteroatoms. The van der Waals surface area contributed by atoms with Crippen LogP contribution >= 0.6 is 0 Å². The van der Waals surface area contributed by atoms with E-state index in [2.05, 4.69) is 9.88 Å². The first-order chi connectivity index (χ1) is 11.8. The van der Waals surface area contributed by atoms with Gasteiger partial charge in [-0.25, -0.2) is 0 Å². The van der Waals surface area contributed by atoms with Crippen LogP contribution < -0.4 is 4.90 Å². The van der Waals surface area contributed by atoms with Crippen molar-refractivity contribution in [3.63, 3.8) is 0 Å². The molecular formula is C18H23N3O3. The lowest BCUT2D eigenvalue weighted by molar-refractivity contribution is -0.136. The van der Waals surface area contributed by atoms with Crippen molar-refractivity contribution >= 4 is 23.0 Å². The fourth-order valence-corrected chi connectivity index (χ4v) is 3.51. The molecule has 2 aliphatic heterocycles. The van der Waals surface area contributed by atoms with Gasteiger partial charge < -0.3 is 19.0 Å². The number of amides is 1.